The Hall–Kier alpha value is -1.50. The van der Waals surface area contributed by atoms with Crippen molar-refractivity contribution in [1.29, 1.82) is 0 Å². The average Bonchev–Trinajstić information content (AvgIpc) is 2.38. The van der Waals surface area contributed by atoms with Gasteiger partial charge in [0.1, 0.15) is 7.85 Å². The molecule has 0 heterocycles. The number of rotatable bonds is 3. The summed E-state index contributed by atoms with van der Waals surface area (Å²) in [4.78, 5) is 0. The molecule has 0 fully saturated rings. The quantitative estimate of drug-likeness (QED) is 0.726. The molecule has 0 aliphatic heterocycles. The van der Waals surface area contributed by atoms with Gasteiger partial charge < -0.3 is 0 Å². The van der Waals surface area contributed by atoms with Gasteiger partial charge in [0, 0.05) is 5.41 Å². The molecule has 0 aliphatic carbocycles. The first kappa shape index (κ1) is 14.9. The third-order valence-electron chi connectivity index (χ3n) is 4.25. The molecule has 2 aromatic rings. The number of hydrogen-bond donors (Lipinski definition) is 0. The number of hydrogen-bond acceptors (Lipinski definition) is 0. The Bertz CT molecular complexity index is 609. The fourth-order valence-electron chi connectivity index (χ4n) is 3.05. The molecule has 102 valence electrons. The van der Waals surface area contributed by atoms with Crippen molar-refractivity contribution in [3.05, 3.63) is 64.7 Å². The number of aryl methyl sites for hydroxylation is 1. The van der Waals surface area contributed by atoms with Crippen LogP contribution in [0, 0.1) is 6.92 Å². The van der Waals surface area contributed by atoms with Crippen molar-refractivity contribution in [3.8, 4) is 0 Å². The fourth-order valence-corrected chi connectivity index (χ4v) is 3.05. The molecule has 0 unspecified atom stereocenters. The van der Waals surface area contributed by atoms with E-state index in [9.17, 15) is 0 Å². The molecule has 0 N–H and O–H groups in total. The first-order valence-electron chi connectivity index (χ1n) is 7.30. The zero-order valence-corrected chi connectivity index (χ0v) is 13.2. The van der Waals surface area contributed by atoms with E-state index in [4.69, 9.17) is 7.85 Å². The molecule has 20 heavy (non-hydrogen) atoms. The topological polar surface area (TPSA) is 0 Å². The van der Waals surface area contributed by atoms with Crippen LogP contribution in [0.15, 0.2) is 42.5 Å². The van der Waals surface area contributed by atoms with Gasteiger partial charge in [-0.15, -0.1) is 0 Å². The van der Waals surface area contributed by atoms with Gasteiger partial charge in [0.05, 0.1) is 0 Å². The summed E-state index contributed by atoms with van der Waals surface area (Å²) < 4.78 is 0. The minimum atomic E-state index is -0.0830. The van der Waals surface area contributed by atoms with E-state index in [1.807, 2.05) is 0 Å². The molecular weight excluding hydrogens is 239 g/mol. The van der Waals surface area contributed by atoms with Gasteiger partial charge in [0.25, 0.3) is 0 Å². The van der Waals surface area contributed by atoms with Gasteiger partial charge in [0.2, 0.25) is 0 Å². The Balaban J connectivity index is 2.61. The van der Waals surface area contributed by atoms with Crippen molar-refractivity contribution in [3.63, 3.8) is 0 Å². The smallest absolute Gasteiger partial charge is 0.0893 e. The molecular formula is C19H23B. The molecule has 0 nitrogen and oxygen atoms in total. The van der Waals surface area contributed by atoms with Crippen molar-refractivity contribution in [1.82, 2.24) is 0 Å². The van der Waals surface area contributed by atoms with E-state index >= 15 is 0 Å². The average molecular weight is 262 g/mol. The highest BCUT2D eigenvalue weighted by molar-refractivity contribution is 6.34. The Labute approximate surface area is 124 Å². The molecule has 2 aromatic carbocycles. The minimum absolute atomic E-state index is 0.0830. The lowest BCUT2D eigenvalue weighted by Gasteiger charge is -2.31. The van der Waals surface area contributed by atoms with E-state index in [1.165, 1.54) is 22.3 Å². The lowest BCUT2D eigenvalue weighted by Crippen LogP contribution is -2.30. The maximum Gasteiger partial charge on any atom is 0.114 e. The van der Waals surface area contributed by atoms with Gasteiger partial charge in [-0.05, 0) is 29.5 Å². The Morgan fingerprint density at radius 1 is 0.900 bits per heavy atom. The standard InChI is InChI=1S/C19H23B/c1-13(2)15-10-8-12-17(18(15)20)19(4,5)16-11-7-6-9-14(16)3/h6-13H,1-5H3. The highest BCUT2D eigenvalue weighted by Crippen LogP contribution is 2.33. The Morgan fingerprint density at radius 3 is 2.10 bits per heavy atom. The van der Waals surface area contributed by atoms with E-state index in [1.54, 1.807) is 0 Å². The molecule has 0 atom stereocenters. The summed E-state index contributed by atoms with van der Waals surface area (Å²) in [5, 5.41) is 0. The van der Waals surface area contributed by atoms with Crippen molar-refractivity contribution >= 4 is 13.3 Å². The second kappa shape index (κ2) is 5.48. The van der Waals surface area contributed by atoms with Gasteiger partial charge in [-0.25, -0.2) is 0 Å². The van der Waals surface area contributed by atoms with Gasteiger partial charge in [-0.1, -0.05) is 81.2 Å². The van der Waals surface area contributed by atoms with E-state index in [0.29, 0.717) is 5.92 Å². The predicted molar refractivity (Wildman–Crippen MR) is 89.2 cm³/mol. The van der Waals surface area contributed by atoms with Crippen LogP contribution in [-0.4, -0.2) is 7.85 Å². The molecule has 2 rings (SSSR count). The minimum Gasteiger partial charge on any atom is -0.0893 e. The molecule has 0 amide bonds. The Morgan fingerprint density at radius 2 is 1.50 bits per heavy atom. The summed E-state index contributed by atoms with van der Waals surface area (Å²) in [6.07, 6.45) is 0. The van der Waals surface area contributed by atoms with E-state index in [2.05, 4.69) is 77.1 Å². The maximum absolute atomic E-state index is 6.46. The highest BCUT2D eigenvalue weighted by Gasteiger charge is 2.26. The second-order valence-electron chi connectivity index (χ2n) is 6.40. The number of benzene rings is 2. The van der Waals surface area contributed by atoms with Gasteiger partial charge in [0.15, 0.2) is 0 Å². The van der Waals surface area contributed by atoms with Crippen LogP contribution in [0.5, 0.6) is 0 Å². The van der Waals surface area contributed by atoms with E-state index in [0.717, 1.165) is 5.46 Å². The summed E-state index contributed by atoms with van der Waals surface area (Å²) in [6.45, 7) is 11.1. The third kappa shape index (κ3) is 2.54. The maximum atomic E-state index is 6.46. The van der Waals surface area contributed by atoms with E-state index in [-0.39, 0.29) is 5.41 Å². The van der Waals surface area contributed by atoms with Crippen LogP contribution < -0.4 is 5.46 Å². The van der Waals surface area contributed by atoms with Crippen molar-refractivity contribution in [2.24, 2.45) is 0 Å². The molecule has 1 heteroatoms. The van der Waals surface area contributed by atoms with Crippen molar-refractivity contribution in [2.75, 3.05) is 0 Å². The van der Waals surface area contributed by atoms with Gasteiger partial charge >= 0.3 is 0 Å². The zero-order chi connectivity index (χ0) is 14.9. The molecule has 0 spiro atoms. The van der Waals surface area contributed by atoms with E-state index < -0.39 is 0 Å². The van der Waals surface area contributed by atoms with Crippen LogP contribution in [0.1, 0.15) is 55.9 Å². The first-order chi connectivity index (χ1) is 9.35. The summed E-state index contributed by atoms with van der Waals surface area (Å²) in [5.74, 6) is 0.447. The van der Waals surface area contributed by atoms with Crippen LogP contribution in [0.25, 0.3) is 0 Å². The summed E-state index contributed by atoms with van der Waals surface area (Å²) in [7, 11) is 6.46. The van der Waals surface area contributed by atoms with Crippen LogP contribution in [0.2, 0.25) is 0 Å². The summed E-state index contributed by atoms with van der Waals surface area (Å²) >= 11 is 0. The third-order valence-corrected chi connectivity index (χ3v) is 4.25. The summed E-state index contributed by atoms with van der Waals surface area (Å²) in [5.41, 5.74) is 5.97. The normalized spacial score (nSPS) is 11.9. The zero-order valence-electron chi connectivity index (χ0n) is 13.2. The fraction of sp³-hybridized carbons (Fsp3) is 0.368. The van der Waals surface area contributed by atoms with Crippen molar-refractivity contribution < 1.29 is 0 Å². The van der Waals surface area contributed by atoms with Gasteiger partial charge in [-0.3, -0.25) is 0 Å². The SMILES string of the molecule is [B]c1c(C(C)C)cccc1C(C)(C)c1ccccc1C. The molecule has 0 saturated carbocycles. The lowest BCUT2D eigenvalue weighted by atomic mass is 9.69. The second-order valence-corrected chi connectivity index (χ2v) is 6.40. The molecule has 0 saturated heterocycles. The van der Waals surface area contributed by atoms with Crippen LogP contribution in [-0.2, 0) is 5.41 Å². The highest BCUT2D eigenvalue weighted by atomic mass is 14.3. The summed E-state index contributed by atoms with van der Waals surface area (Å²) in [6, 6.07) is 15.0. The van der Waals surface area contributed by atoms with Crippen molar-refractivity contribution in [2.45, 2.75) is 46.0 Å². The molecule has 0 bridgehead atoms. The molecule has 0 aliphatic rings. The van der Waals surface area contributed by atoms with Crippen LogP contribution in [0.3, 0.4) is 0 Å². The van der Waals surface area contributed by atoms with Gasteiger partial charge in [-0.2, -0.15) is 0 Å². The molecule has 2 radical (unpaired) electrons. The first-order valence-corrected chi connectivity index (χ1v) is 7.30. The largest absolute Gasteiger partial charge is 0.114 e. The molecule has 0 aromatic heterocycles. The lowest BCUT2D eigenvalue weighted by molar-refractivity contribution is 0.638. The Kier molecular flexibility index (Phi) is 4.08. The van der Waals surface area contributed by atoms with Crippen LogP contribution in [0.4, 0.5) is 0 Å². The predicted octanol–water partition coefficient (Wildman–Crippen LogP) is 4.24. The van der Waals surface area contributed by atoms with Crippen LogP contribution >= 0.6 is 0 Å². The monoisotopic (exact) mass is 262 g/mol.